The third-order valence-electron chi connectivity index (χ3n) is 3.07. The maximum atomic E-state index is 12.2. The maximum Gasteiger partial charge on any atom is 0.284 e. The number of amides is 1. The van der Waals surface area contributed by atoms with Crippen LogP contribution in [0.2, 0.25) is 5.15 Å². The van der Waals surface area contributed by atoms with Crippen molar-refractivity contribution < 1.29 is 9.21 Å². The van der Waals surface area contributed by atoms with E-state index in [-0.39, 0.29) is 27.6 Å². The van der Waals surface area contributed by atoms with Crippen LogP contribution < -0.4 is 5.73 Å². The summed E-state index contributed by atoms with van der Waals surface area (Å²) >= 11 is 10.7. The zero-order valence-electron chi connectivity index (χ0n) is 10.2. The lowest BCUT2D eigenvalue weighted by atomic mass is 9.99. The molecule has 2 aromatic rings. The van der Waals surface area contributed by atoms with Crippen molar-refractivity contribution in [2.24, 2.45) is 0 Å². The molecular formula is C11H10ClN5O2S. The Balaban J connectivity index is 1.70. The van der Waals surface area contributed by atoms with Gasteiger partial charge in [-0.15, -0.1) is 5.10 Å². The van der Waals surface area contributed by atoms with Gasteiger partial charge < -0.3 is 15.1 Å². The Bertz CT molecular complexity index is 722. The third kappa shape index (κ3) is 2.27. The molecular weight excluding hydrogens is 302 g/mol. The van der Waals surface area contributed by atoms with Gasteiger partial charge in [0.05, 0.1) is 11.5 Å². The van der Waals surface area contributed by atoms with Crippen LogP contribution in [0.1, 0.15) is 22.2 Å². The van der Waals surface area contributed by atoms with Gasteiger partial charge in [0.2, 0.25) is 5.89 Å². The summed E-state index contributed by atoms with van der Waals surface area (Å²) in [5, 5.41) is 6.61. The predicted octanol–water partition coefficient (Wildman–Crippen LogP) is 1.60. The number of hydrogen-bond donors (Lipinski definition) is 2. The number of nitrogen functional groups attached to an aromatic ring is 1. The summed E-state index contributed by atoms with van der Waals surface area (Å²) in [6.07, 6.45) is 0. The number of carbonyl (C=O) groups is 1. The molecule has 7 nitrogen and oxygen atoms in total. The van der Waals surface area contributed by atoms with Gasteiger partial charge in [-0.3, -0.25) is 4.79 Å². The van der Waals surface area contributed by atoms with Crippen molar-refractivity contribution in [1.29, 1.82) is 0 Å². The second kappa shape index (κ2) is 4.88. The highest BCUT2D eigenvalue weighted by Gasteiger charge is 2.36. The highest BCUT2D eigenvalue weighted by molar-refractivity contribution is 7.71. The fourth-order valence-electron chi connectivity index (χ4n) is 1.99. The number of nitrogens with one attached hydrogen (secondary N) is 1. The molecule has 104 valence electrons. The summed E-state index contributed by atoms with van der Waals surface area (Å²) in [4.78, 5) is 18.0. The largest absolute Gasteiger partial charge is 0.414 e. The number of H-pyrrole nitrogens is 1. The van der Waals surface area contributed by atoms with Gasteiger partial charge in [0.25, 0.3) is 10.7 Å². The van der Waals surface area contributed by atoms with Crippen LogP contribution >= 0.6 is 23.8 Å². The van der Waals surface area contributed by atoms with Crippen molar-refractivity contribution in [3.8, 4) is 0 Å². The smallest absolute Gasteiger partial charge is 0.284 e. The summed E-state index contributed by atoms with van der Waals surface area (Å²) < 4.78 is 5.22. The summed E-state index contributed by atoms with van der Waals surface area (Å²) in [6, 6.07) is 3.11. The van der Waals surface area contributed by atoms with Crippen molar-refractivity contribution in [3.05, 3.63) is 33.6 Å². The Morgan fingerprint density at radius 2 is 2.30 bits per heavy atom. The van der Waals surface area contributed by atoms with Gasteiger partial charge in [-0.25, -0.2) is 10.1 Å². The van der Waals surface area contributed by atoms with Crippen LogP contribution in [0.15, 0.2) is 16.5 Å². The summed E-state index contributed by atoms with van der Waals surface area (Å²) in [5.41, 5.74) is 5.83. The highest BCUT2D eigenvalue weighted by Crippen LogP contribution is 2.28. The molecule has 1 aliphatic heterocycles. The van der Waals surface area contributed by atoms with Gasteiger partial charge in [-0.1, -0.05) is 11.6 Å². The number of halogens is 1. The number of aromatic amines is 1. The molecule has 0 atom stereocenters. The van der Waals surface area contributed by atoms with Crippen LogP contribution in [0, 0.1) is 4.84 Å². The van der Waals surface area contributed by atoms with E-state index in [1.54, 1.807) is 17.0 Å². The van der Waals surface area contributed by atoms with Gasteiger partial charge in [0.1, 0.15) is 11.0 Å². The molecule has 1 amide bonds. The minimum absolute atomic E-state index is 0.0485. The van der Waals surface area contributed by atoms with Crippen molar-refractivity contribution in [2.45, 2.75) is 5.92 Å². The number of likely N-dealkylation sites (tertiary alicyclic amines) is 1. The first-order chi connectivity index (χ1) is 9.54. The molecule has 9 heteroatoms. The SMILES string of the molecule is Nc1ccc(C(=O)N2CC(c3n[nH]c(=S)o3)C2)c(Cl)n1. The molecule has 1 aliphatic rings. The number of carbonyl (C=O) groups excluding carboxylic acids is 1. The minimum atomic E-state index is -0.187. The monoisotopic (exact) mass is 311 g/mol. The van der Waals surface area contributed by atoms with E-state index < -0.39 is 0 Å². The van der Waals surface area contributed by atoms with Gasteiger partial charge in [-0.2, -0.15) is 0 Å². The summed E-state index contributed by atoms with van der Waals surface area (Å²) in [5.74, 6) is 0.655. The first kappa shape index (κ1) is 13.1. The number of aromatic nitrogens is 3. The first-order valence-electron chi connectivity index (χ1n) is 5.81. The number of nitrogens with zero attached hydrogens (tertiary/aromatic N) is 3. The lowest BCUT2D eigenvalue weighted by molar-refractivity contribution is 0.0575. The van der Waals surface area contributed by atoms with Gasteiger partial charge in [0.15, 0.2) is 0 Å². The Labute approximate surface area is 123 Å². The van der Waals surface area contributed by atoms with E-state index in [2.05, 4.69) is 15.2 Å². The van der Waals surface area contributed by atoms with E-state index in [0.717, 1.165) is 0 Å². The minimum Gasteiger partial charge on any atom is -0.414 e. The first-order valence-corrected chi connectivity index (χ1v) is 6.60. The zero-order valence-corrected chi connectivity index (χ0v) is 11.7. The molecule has 1 saturated heterocycles. The average molecular weight is 312 g/mol. The molecule has 20 heavy (non-hydrogen) atoms. The maximum absolute atomic E-state index is 12.2. The molecule has 0 radical (unpaired) electrons. The van der Waals surface area contributed by atoms with E-state index in [1.165, 1.54) is 0 Å². The molecule has 3 N–H and O–H groups in total. The van der Waals surface area contributed by atoms with Gasteiger partial charge in [-0.05, 0) is 24.4 Å². The predicted molar refractivity (Wildman–Crippen MR) is 74.0 cm³/mol. The molecule has 3 heterocycles. The second-order valence-electron chi connectivity index (χ2n) is 4.43. The molecule has 0 spiro atoms. The van der Waals surface area contributed by atoms with E-state index in [4.69, 9.17) is 34.0 Å². The van der Waals surface area contributed by atoms with Gasteiger partial charge in [0, 0.05) is 13.1 Å². The quantitative estimate of drug-likeness (QED) is 0.645. The molecule has 1 fully saturated rings. The molecule has 0 aliphatic carbocycles. The number of pyridine rings is 1. The Hall–Kier alpha value is -1.93. The van der Waals surface area contributed by atoms with E-state index in [0.29, 0.717) is 24.5 Å². The summed E-state index contributed by atoms with van der Waals surface area (Å²) in [6.45, 7) is 1.01. The van der Waals surface area contributed by atoms with Gasteiger partial charge >= 0.3 is 0 Å². The Morgan fingerprint density at radius 1 is 1.55 bits per heavy atom. The van der Waals surface area contributed by atoms with E-state index in [1.807, 2.05) is 0 Å². The molecule has 0 unspecified atom stereocenters. The lowest BCUT2D eigenvalue weighted by Gasteiger charge is -2.37. The molecule has 2 aromatic heterocycles. The van der Waals surface area contributed by atoms with Crippen LogP contribution in [-0.2, 0) is 0 Å². The zero-order chi connectivity index (χ0) is 14.3. The molecule has 0 bridgehead atoms. The van der Waals surface area contributed by atoms with Crippen LogP contribution in [0.5, 0.6) is 0 Å². The number of nitrogens with two attached hydrogens (primary N) is 1. The topological polar surface area (TPSA) is 101 Å². The Morgan fingerprint density at radius 3 is 2.90 bits per heavy atom. The highest BCUT2D eigenvalue weighted by atomic mass is 35.5. The van der Waals surface area contributed by atoms with Crippen molar-refractivity contribution in [1.82, 2.24) is 20.1 Å². The van der Waals surface area contributed by atoms with Crippen molar-refractivity contribution in [3.63, 3.8) is 0 Å². The number of anilines is 1. The van der Waals surface area contributed by atoms with E-state index >= 15 is 0 Å². The summed E-state index contributed by atoms with van der Waals surface area (Å²) in [7, 11) is 0. The van der Waals surface area contributed by atoms with Crippen LogP contribution in [-0.4, -0.2) is 39.1 Å². The standard InChI is InChI=1S/C11H10ClN5O2S/c12-8-6(1-2-7(13)14-8)10(18)17-3-5(4-17)9-15-16-11(20)19-9/h1-2,5H,3-4H2,(H2,13,14)(H,16,20). The lowest BCUT2D eigenvalue weighted by Crippen LogP contribution is -2.48. The normalized spacial score (nSPS) is 15.2. The molecule has 0 aromatic carbocycles. The van der Waals surface area contributed by atoms with Crippen LogP contribution in [0.4, 0.5) is 5.82 Å². The number of hydrogen-bond acceptors (Lipinski definition) is 6. The van der Waals surface area contributed by atoms with Crippen LogP contribution in [0.3, 0.4) is 0 Å². The fourth-order valence-corrected chi connectivity index (χ4v) is 2.37. The Kier molecular flexibility index (Phi) is 3.19. The average Bonchev–Trinajstić information content (AvgIpc) is 2.73. The fraction of sp³-hybridized carbons (Fsp3) is 0.273. The van der Waals surface area contributed by atoms with E-state index in [9.17, 15) is 4.79 Å². The third-order valence-corrected chi connectivity index (χ3v) is 3.54. The second-order valence-corrected chi connectivity index (χ2v) is 5.16. The molecule has 3 rings (SSSR count). The van der Waals surface area contributed by atoms with Crippen molar-refractivity contribution in [2.75, 3.05) is 18.8 Å². The number of rotatable bonds is 2. The molecule has 0 saturated carbocycles. The van der Waals surface area contributed by atoms with Crippen LogP contribution in [0.25, 0.3) is 0 Å². The van der Waals surface area contributed by atoms with Crippen molar-refractivity contribution >= 4 is 35.5 Å².